The van der Waals surface area contributed by atoms with Gasteiger partial charge >= 0.3 is 0 Å². The largest absolute Gasteiger partial charge is 0.337 e. The number of benzene rings is 2. The number of carbonyl (C=O) groups excluding carboxylic acids is 1. The average molecular weight is 394 g/mol. The molecule has 0 fully saturated rings. The number of nitrogens with zero attached hydrogens (tertiary/aromatic N) is 3. The van der Waals surface area contributed by atoms with Gasteiger partial charge < -0.3 is 9.47 Å². The first-order chi connectivity index (χ1) is 12.1. The Labute approximate surface area is 154 Å². The third-order valence-electron chi connectivity index (χ3n) is 4.75. The molecule has 4 nitrogen and oxygen atoms in total. The zero-order valence-corrected chi connectivity index (χ0v) is 15.3. The highest BCUT2D eigenvalue weighted by Gasteiger charge is 2.30. The number of hydrogen-bond acceptors (Lipinski definition) is 2. The van der Waals surface area contributed by atoms with Crippen LogP contribution in [0, 0.1) is 11.3 Å². The Hall–Kier alpha value is -2.58. The molecule has 5 heteroatoms. The summed E-state index contributed by atoms with van der Waals surface area (Å²) in [4.78, 5) is 14.9. The lowest BCUT2D eigenvalue weighted by Crippen LogP contribution is -2.37. The van der Waals surface area contributed by atoms with Gasteiger partial charge in [-0.05, 0) is 43.2 Å². The van der Waals surface area contributed by atoms with E-state index in [1.54, 1.807) is 6.20 Å². The van der Waals surface area contributed by atoms with E-state index in [2.05, 4.69) is 35.0 Å². The summed E-state index contributed by atoms with van der Waals surface area (Å²) in [5.74, 6) is 0.0433. The molecule has 2 heterocycles. The molecule has 0 radical (unpaired) electrons. The topological polar surface area (TPSA) is 49.0 Å². The van der Waals surface area contributed by atoms with E-state index in [0.29, 0.717) is 5.56 Å². The number of aromatic nitrogens is 1. The maximum Gasteiger partial charge on any atom is 0.247 e. The summed E-state index contributed by atoms with van der Waals surface area (Å²) in [5, 5.41) is 10.2. The summed E-state index contributed by atoms with van der Waals surface area (Å²) in [6.07, 6.45) is 2.65. The van der Waals surface area contributed by atoms with Crippen molar-refractivity contribution in [2.45, 2.75) is 25.9 Å². The molecular formula is C20H16BrN3O. The number of para-hydroxylation sites is 1. The highest BCUT2D eigenvalue weighted by atomic mass is 79.9. The van der Waals surface area contributed by atoms with Gasteiger partial charge in [0.05, 0.1) is 5.56 Å². The van der Waals surface area contributed by atoms with Crippen molar-refractivity contribution in [3.05, 3.63) is 64.3 Å². The van der Waals surface area contributed by atoms with E-state index in [-0.39, 0.29) is 18.5 Å². The zero-order valence-electron chi connectivity index (χ0n) is 13.7. The molecule has 0 bridgehead atoms. The summed E-state index contributed by atoms with van der Waals surface area (Å²) in [6, 6.07) is 16.2. The molecule has 1 aliphatic heterocycles. The Bertz CT molecular complexity index is 1030. The lowest BCUT2D eigenvalue weighted by Gasteiger charge is -2.23. The first-order valence-corrected chi connectivity index (χ1v) is 8.96. The number of amides is 1. The summed E-state index contributed by atoms with van der Waals surface area (Å²) in [6.45, 7) is 2.29. The fraction of sp³-hybridized carbons (Fsp3) is 0.200. The molecule has 25 heavy (non-hydrogen) atoms. The lowest BCUT2D eigenvalue weighted by atomic mass is 10.1. The number of carbonyl (C=O) groups is 1. The van der Waals surface area contributed by atoms with E-state index in [0.717, 1.165) is 27.5 Å². The first kappa shape index (κ1) is 15.9. The van der Waals surface area contributed by atoms with Crippen LogP contribution in [-0.2, 0) is 17.8 Å². The van der Waals surface area contributed by atoms with Crippen LogP contribution in [0.1, 0.15) is 18.1 Å². The zero-order chi connectivity index (χ0) is 17.6. The van der Waals surface area contributed by atoms with Crippen molar-refractivity contribution in [2.24, 2.45) is 0 Å². The minimum absolute atomic E-state index is 0.0433. The summed E-state index contributed by atoms with van der Waals surface area (Å²) < 4.78 is 2.79. The first-order valence-electron chi connectivity index (χ1n) is 8.17. The molecule has 124 valence electrons. The average Bonchev–Trinajstić information content (AvgIpc) is 3.11. The van der Waals surface area contributed by atoms with Gasteiger partial charge in [-0.15, -0.1) is 0 Å². The Morgan fingerprint density at radius 3 is 2.92 bits per heavy atom. The molecule has 2 aromatic carbocycles. The van der Waals surface area contributed by atoms with E-state index < -0.39 is 0 Å². The fourth-order valence-corrected chi connectivity index (χ4v) is 4.02. The predicted molar refractivity (Wildman–Crippen MR) is 101 cm³/mol. The summed E-state index contributed by atoms with van der Waals surface area (Å²) >= 11 is 3.44. The van der Waals surface area contributed by atoms with Gasteiger partial charge in [-0.2, -0.15) is 5.26 Å². The minimum atomic E-state index is 0.0433. The van der Waals surface area contributed by atoms with Crippen LogP contribution in [0.25, 0.3) is 10.9 Å². The van der Waals surface area contributed by atoms with Gasteiger partial charge in [0.1, 0.15) is 12.6 Å². The van der Waals surface area contributed by atoms with Crippen molar-refractivity contribution in [2.75, 3.05) is 4.90 Å². The number of rotatable bonds is 2. The van der Waals surface area contributed by atoms with Crippen molar-refractivity contribution in [3.63, 3.8) is 0 Å². The molecule has 1 amide bonds. The molecule has 0 saturated carbocycles. The second-order valence-corrected chi connectivity index (χ2v) is 7.31. The lowest BCUT2D eigenvalue weighted by molar-refractivity contribution is -0.119. The van der Waals surface area contributed by atoms with Gasteiger partial charge in [0.2, 0.25) is 5.91 Å². The smallest absolute Gasteiger partial charge is 0.247 e. The number of halogens is 1. The molecule has 0 N–H and O–H groups in total. The molecule has 0 aliphatic carbocycles. The van der Waals surface area contributed by atoms with Crippen LogP contribution in [0.5, 0.6) is 0 Å². The van der Waals surface area contributed by atoms with E-state index >= 15 is 0 Å². The Morgan fingerprint density at radius 1 is 1.32 bits per heavy atom. The van der Waals surface area contributed by atoms with Crippen LogP contribution in [0.4, 0.5) is 5.69 Å². The minimum Gasteiger partial charge on any atom is -0.337 e. The van der Waals surface area contributed by atoms with Crippen molar-refractivity contribution >= 4 is 38.4 Å². The summed E-state index contributed by atoms with van der Waals surface area (Å²) in [7, 11) is 0. The second-order valence-electron chi connectivity index (χ2n) is 6.39. The van der Waals surface area contributed by atoms with Crippen LogP contribution >= 0.6 is 15.9 Å². The third kappa shape index (κ3) is 2.63. The van der Waals surface area contributed by atoms with Gasteiger partial charge in [-0.1, -0.05) is 34.1 Å². The molecule has 0 saturated heterocycles. The van der Waals surface area contributed by atoms with Gasteiger partial charge in [0, 0.05) is 33.3 Å². The van der Waals surface area contributed by atoms with Crippen LogP contribution in [0.15, 0.2) is 53.1 Å². The maximum atomic E-state index is 13.0. The monoisotopic (exact) mass is 393 g/mol. The maximum absolute atomic E-state index is 13.0. The molecule has 4 rings (SSSR count). The van der Waals surface area contributed by atoms with Crippen molar-refractivity contribution in [1.82, 2.24) is 4.57 Å². The Morgan fingerprint density at radius 2 is 2.12 bits per heavy atom. The highest BCUT2D eigenvalue weighted by molar-refractivity contribution is 9.10. The van der Waals surface area contributed by atoms with Crippen LogP contribution < -0.4 is 4.90 Å². The van der Waals surface area contributed by atoms with Gasteiger partial charge in [0.15, 0.2) is 0 Å². The highest BCUT2D eigenvalue weighted by Crippen LogP contribution is 2.32. The van der Waals surface area contributed by atoms with E-state index in [1.807, 2.05) is 45.9 Å². The van der Waals surface area contributed by atoms with Crippen molar-refractivity contribution in [3.8, 4) is 6.07 Å². The number of nitriles is 1. The SMILES string of the molecule is CC1Cc2ccccc2N1C(=O)Cn1cc(C#N)c2cc(Br)ccc21. The number of anilines is 1. The normalized spacial score (nSPS) is 16.0. The van der Waals surface area contributed by atoms with Crippen molar-refractivity contribution in [1.29, 1.82) is 5.26 Å². The molecule has 1 atom stereocenters. The van der Waals surface area contributed by atoms with Crippen molar-refractivity contribution < 1.29 is 4.79 Å². The van der Waals surface area contributed by atoms with Gasteiger partial charge in [0.25, 0.3) is 0 Å². The molecule has 0 spiro atoms. The standard InChI is InChI=1S/C20H16BrN3O/c1-13-8-14-4-2-3-5-18(14)24(13)20(25)12-23-11-15(10-22)17-9-16(21)6-7-19(17)23/h2-7,9,11,13H,8,12H2,1H3. The summed E-state index contributed by atoms with van der Waals surface area (Å²) in [5.41, 5.74) is 3.69. The molecule has 1 aliphatic rings. The number of fused-ring (bicyclic) bond motifs is 2. The van der Waals surface area contributed by atoms with Gasteiger partial charge in [-0.3, -0.25) is 4.79 Å². The Balaban J connectivity index is 1.71. The molecule has 1 unspecified atom stereocenters. The molecular weight excluding hydrogens is 378 g/mol. The van der Waals surface area contributed by atoms with Gasteiger partial charge in [-0.25, -0.2) is 0 Å². The fourth-order valence-electron chi connectivity index (χ4n) is 3.66. The van der Waals surface area contributed by atoms with E-state index in [4.69, 9.17) is 0 Å². The van der Waals surface area contributed by atoms with Crippen LogP contribution in [-0.4, -0.2) is 16.5 Å². The third-order valence-corrected chi connectivity index (χ3v) is 5.24. The quantitative estimate of drug-likeness (QED) is 0.653. The Kier molecular flexibility index (Phi) is 3.85. The van der Waals surface area contributed by atoms with E-state index in [9.17, 15) is 10.1 Å². The van der Waals surface area contributed by atoms with Crippen LogP contribution in [0.2, 0.25) is 0 Å². The molecule has 1 aromatic heterocycles. The van der Waals surface area contributed by atoms with E-state index in [1.165, 1.54) is 5.56 Å². The second kappa shape index (κ2) is 6.05. The van der Waals surface area contributed by atoms with Crippen LogP contribution in [0.3, 0.4) is 0 Å². The predicted octanol–water partition coefficient (Wildman–Crippen LogP) is 4.25. The number of hydrogen-bond donors (Lipinski definition) is 0. The molecule has 3 aromatic rings.